The number of rotatable bonds is 5. The summed E-state index contributed by atoms with van der Waals surface area (Å²) < 4.78 is 20.3. The first kappa shape index (κ1) is 17.4. The monoisotopic (exact) mass is 361 g/mol. The molecule has 2 N–H and O–H groups in total. The average molecular weight is 361 g/mol. The predicted molar refractivity (Wildman–Crippen MR) is 103 cm³/mol. The summed E-state index contributed by atoms with van der Waals surface area (Å²) >= 11 is 0. The minimum absolute atomic E-state index is 0.192. The molecule has 2 aromatic carbocycles. The van der Waals surface area contributed by atoms with Gasteiger partial charge in [0.25, 0.3) is 0 Å². The van der Waals surface area contributed by atoms with E-state index in [0.29, 0.717) is 17.9 Å². The molecule has 0 fully saturated rings. The van der Waals surface area contributed by atoms with Crippen LogP contribution in [0.5, 0.6) is 11.5 Å². The van der Waals surface area contributed by atoms with Crippen molar-refractivity contribution < 1.29 is 9.13 Å². The summed E-state index contributed by atoms with van der Waals surface area (Å²) in [6, 6.07) is 11.0. The Morgan fingerprint density at radius 1 is 1.19 bits per heavy atom. The van der Waals surface area contributed by atoms with Gasteiger partial charge in [-0.3, -0.25) is 0 Å². The van der Waals surface area contributed by atoms with E-state index >= 15 is 0 Å². The number of halogens is 1. The van der Waals surface area contributed by atoms with Gasteiger partial charge in [-0.1, -0.05) is 30.3 Å². The molecule has 0 spiro atoms. The molecular weight excluding hydrogens is 341 g/mol. The lowest BCUT2D eigenvalue weighted by Crippen LogP contribution is -2.15. The van der Waals surface area contributed by atoms with Crippen molar-refractivity contribution >= 4 is 5.57 Å². The molecule has 5 heteroatoms. The van der Waals surface area contributed by atoms with Gasteiger partial charge in [0.2, 0.25) is 0 Å². The van der Waals surface area contributed by atoms with Gasteiger partial charge in [-0.15, -0.1) is 0 Å². The number of nitrogens with zero attached hydrogens (tertiary/aromatic N) is 2. The highest BCUT2D eigenvalue weighted by Crippen LogP contribution is 2.41. The standard InChI is InChI=1S/C22H20FN3O/c1-14-8-15-6-7-17(20(10-24)18-4-2-3-5-21(18)23)19(15)9-22(14)27-16-11-25-13-26-12-16/h2-5,7-9,11-13,20H,6,10,24H2,1H3. The number of aromatic nitrogens is 2. The Balaban J connectivity index is 1.72. The van der Waals surface area contributed by atoms with E-state index < -0.39 is 0 Å². The molecule has 0 radical (unpaired) electrons. The van der Waals surface area contributed by atoms with E-state index in [4.69, 9.17) is 10.5 Å². The first-order valence-corrected chi connectivity index (χ1v) is 8.88. The highest BCUT2D eigenvalue weighted by Gasteiger charge is 2.26. The maximum atomic E-state index is 14.4. The quantitative estimate of drug-likeness (QED) is 0.732. The van der Waals surface area contributed by atoms with Crippen LogP contribution in [0.1, 0.15) is 28.2 Å². The highest BCUT2D eigenvalue weighted by molar-refractivity contribution is 5.79. The maximum absolute atomic E-state index is 14.4. The SMILES string of the molecule is Cc1cc2c(cc1Oc1cncnc1)C(C(CN)c1ccccc1F)=CC2. The molecule has 27 heavy (non-hydrogen) atoms. The third kappa shape index (κ3) is 3.34. The molecule has 0 saturated carbocycles. The fourth-order valence-electron chi connectivity index (χ4n) is 3.60. The number of hydrogen-bond acceptors (Lipinski definition) is 4. The minimum atomic E-state index is -0.229. The zero-order valence-electron chi connectivity index (χ0n) is 15.0. The zero-order chi connectivity index (χ0) is 18.8. The summed E-state index contributed by atoms with van der Waals surface area (Å²) in [7, 11) is 0. The van der Waals surface area contributed by atoms with Crippen LogP contribution in [0.4, 0.5) is 4.39 Å². The Bertz CT molecular complexity index is 1000. The Hall–Kier alpha value is -3.05. The fraction of sp³-hybridized carbons (Fsp3) is 0.182. The molecule has 0 saturated heterocycles. The second-order valence-corrected chi connectivity index (χ2v) is 6.62. The van der Waals surface area contributed by atoms with Crippen LogP contribution < -0.4 is 10.5 Å². The van der Waals surface area contributed by atoms with Gasteiger partial charge in [-0.2, -0.15) is 0 Å². The Labute approximate surface area is 157 Å². The predicted octanol–water partition coefficient (Wildman–Crippen LogP) is 4.40. The number of aryl methyl sites for hydroxylation is 1. The second-order valence-electron chi connectivity index (χ2n) is 6.62. The summed E-state index contributed by atoms with van der Waals surface area (Å²) in [6.07, 6.45) is 7.66. The van der Waals surface area contributed by atoms with Crippen molar-refractivity contribution in [2.75, 3.05) is 6.54 Å². The fourth-order valence-corrected chi connectivity index (χ4v) is 3.60. The molecular formula is C22H20FN3O. The Morgan fingerprint density at radius 2 is 1.96 bits per heavy atom. The van der Waals surface area contributed by atoms with Crippen LogP contribution in [-0.4, -0.2) is 16.5 Å². The molecule has 0 aliphatic heterocycles. The van der Waals surface area contributed by atoms with Crippen molar-refractivity contribution in [3.8, 4) is 11.5 Å². The minimum Gasteiger partial charge on any atom is -0.454 e. The molecule has 1 aliphatic rings. The number of hydrogen-bond donors (Lipinski definition) is 1. The van der Waals surface area contributed by atoms with E-state index in [9.17, 15) is 4.39 Å². The largest absolute Gasteiger partial charge is 0.454 e. The Kier molecular flexibility index (Phi) is 4.69. The van der Waals surface area contributed by atoms with Gasteiger partial charge >= 0.3 is 0 Å². The van der Waals surface area contributed by atoms with E-state index in [2.05, 4.69) is 22.1 Å². The molecule has 4 nitrogen and oxygen atoms in total. The lowest BCUT2D eigenvalue weighted by Gasteiger charge is -2.20. The molecule has 4 rings (SSSR count). The van der Waals surface area contributed by atoms with Gasteiger partial charge in [0.15, 0.2) is 5.75 Å². The van der Waals surface area contributed by atoms with E-state index in [1.165, 1.54) is 18.0 Å². The van der Waals surface area contributed by atoms with Crippen molar-refractivity contribution in [2.45, 2.75) is 19.3 Å². The summed E-state index contributed by atoms with van der Waals surface area (Å²) in [5.41, 5.74) is 11.0. The molecule has 0 amide bonds. The van der Waals surface area contributed by atoms with E-state index in [1.807, 2.05) is 19.1 Å². The normalized spacial score (nSPS) is 13.8. The van der Waals surface area contributed by atoms with Gasteiger partial charge in [-0.05, 0) is 53.3 Å². The average Bonchev–Trinajstić information content (AvgIpc) is 3.07. The maximum Gasteiger partial charge on any atom is 0.164 e. The topological polar surface area (TPSA) is 61.0 Å². The summed E-state index contributed by atoms with van der Waals surface area (Å²) in [5, 5.41) is 0. The molecule has 136 valence electrons. The molecule has 1 unspecified atom stereocenters. The molecule has 0 bridgehead atoms. The molecule has 1 aliphatic carbocycles. The smallest absolute Gasteiger partial charge is 0.164 e. The van der Waals surface area contributed by atoms with Crippen LogP contribution in [0.3, 0.4) is 0 Å². The lowest BCUT2D eigenvalue weighted by atomic mass is 9.87. The number of nitrogens with two attached hydrogens (primary N) is 1. The highest BCUT2D eigenvalue weighted by atomic mass is 19.1. The number of benzene rings is 2. The third-order valence-electron chi connectivity index (χ3n) is 4.91. The lowest BCUT2D eigenvalue weighted by molar-refractivity contribution is 0.473. The number of ether oxygens (including phenoxy) is 1. The third-order valence-corrected chi connectivity index (χ3v) is 4.91. The second kappa shape index (κ2) is 7.29. The number of allylic oxidation sites excluding steroid dienone is 1. The summed E-state index contributed by atoms with van der Waals surface area (Å²) in [4.78, 5) is 7.97. The van der Waals surface area contributed by atoms with Gasteiger partial charge in [0, 0.05) is 12.5 Å². The van der Waals surface area contributed by atoms with E-state index in [1.54, 1.807) is 24.5 Å². The summed E-state index contributed by atoms with van der Waals surface area (Å²) in [5.74, 6) is 0.893. The van der Waals surface area contributed by atoms with E-state index in [-0.39, 0.29) is 11.7 Å². The molecule has 1 atom stereocenters. The zero-order valence-corrected chi connectivity index (χ0v) is 15.0. The summed E-state index contributed by atoms with van der Waals surface area (Å²) in [6.45, 7) is 2.34. The van der Waals surface area contributed by atoms with Crippen molar-refractivity contribution in [1.29, 1.82) is 0 Å². The van der Waals surface area contributed by atoms with Crippen molar-refractivity contribution in [2.24, 2.45) is 5.73 Å². The number of fused-ring (bicyclic) bond motifs is 1. The van der Waals surface area contributed by atoms with Crippen molar-refractivity contribution in [3.63, 3.8) is 0 Å². The van der Waals surface area contributed by atoms with Crippen LogP contribution in [0.2, 0.25) is 0 Å². The molecule has 3 aromatic rings. The first-order chi connectivity index (χ1) is 13.2. The van der Waals surface area contributed by atoms with Gasteiger partial charge in [0.05, 0.1) is 12.4 Å². The van der Waals surface area contributed by atoms with Crippen LogP contribution >= 0.6 is 0 Å². The molecule has 1 aromatic heterocycles. The van der Waals surface area contributed by atoms with Crippen LogP contribution in [-0.2, 0) is 6.42 Å². The van der Waals surface area contributed by atoms with Crippen LogP contribution in [0.15, 0.2) is 61.2 Å². The van der Waals surface area contributed by atoms with Crippen molar-refractivity contribution in [3.05, 3.63) is 89.3 Å². The molecule has 1 heterocycles. The van der Waals surface area contributed by atoms with Crippen LogP contribution in [0, 0.1) is 12.7 Å². The van der Waals surface area contributed by atoms with Gasteiger partial charge in [0.1, 0.15) is 17.9 Å². The first-order valence-electron chi connectivity index (χ1n) is 8.88. The van der Waals surface area contributed by atoms with Gasteiger partial charge < -0.3 is 10.5 Å². The Morgan fingerprint density at radius 3 is 2.70 bits per heavy atom. The van der Waals surface area contributed by atoms with Crippen molar-refractivity contribution in [1.82, 2.24) is 9.97 Å². The van der Waals surface area contributed by atoms with Gasteiger partial charge in [-0.25, -0.2) is 14.4 Å². The van der Waals surface area contributed by atoms with E-state index in [0.717, 1.165) is 28.9 Å². The van der Waals surface area contributed by atoms with Crippen LogP contribution in [0.25, 0.3) is 5.57 Å².